The Bertz CT molecular complexity index is 1040. The van der Waals surface area contributed by atoms with Crippen LogP contribution >= 0.6 is 0 Å². The fraction of sp³-hybridized carbons (Fsp3) is 0.346. The van der Waals surface area contributed by atoms with Crippen molar-refractivity contribution >= 4 is 5.97 Å². The van der Waals surface area contributed by atoms with E-state index in [9.17, 15) is 18.7 Å². The van der Waals surface area contributed by atoms with Gasteiger partial charge >= 0.3 is 12.0 Å². The Morgan fingerprint density at radius 1 is 0.941 bits per heavy atom. The summed E-state index contributed by atoms with van der Waals surface area (Å²) in [6, 6.07) is 12.3. The number of aromatic nitrogens is 2. The van der Waals surface area contributed by atoms with Crippen molar-refractivity contribution in [1.82, 2.24) is 9.97 Å². The van der Waals surface area contributed by atoms with Gasteiger partial charge in [0.15, 0.2) is 5.60 Å². The molecule has 6 nitrogen and oxygen atoms in total. The predicted molar refractivity (Wildman–Crippen MR) is 123 cm³/mol. The van der Waals surface area contributed by atoms with E-state index >= 15 is 0 Å². The van der Waals surface area contributed by atoms with Crippen LogP contribution in [0.1, 0.15) is 48.7 Å². The predicted octanol–water partition coefficient (Wildman–Crippen LogP) is 5.35. The van der Waals surface area contributed by atoms with Gasteiger partial charge in [0, 0.05) is 18.0 Å². The summed E-state index contributed by atoms with van der Waals surface area (Å²) in [6.07, 6.45) is 0.791. The topological polar surface area (TPSA) is 81.5 Å². The summed E-state index contributed by atoms with van der Waals surface area (Å²) in [5.74, 6) is -2.33. The third-order valence-electron chi connectivity index (χ3n) is 5.40. The number of halogens is 2. The van der Waals surface area contributed by atoms with Crippen molar-refractivity contribution in [2.24, 2.45) is 0 Å². The summed E-state index contributed by atoms with van der Waals surface area (Å²) in [6.45, 7) is 5.72. The van der Waals surface area contributed by atoms with Gasteiger partial charge in [-0.1, -0.05) is 44.0 Å². The monoisotopic (exact) mass is 470 g/mol. The van der Waals surface area contributed by atoms with Gasteiger partial charge in [-0.25, -0.2) is 23.5 Å². The maximum atomic E-state index is 13.8. The molecule has 0 bridgehead atoms. The molecule has 0 spiro atoms. The molecule has 0 aliphatic heterocycles. The van der Waals surface area contributed by atoms with Crippen LogP contribution in [0.5, 0.6) is 6.01 Å². The van der Waals surface area contributed by atoms with Crippen LogP contribution in [0.15, 0.2) is 54.6 Å². The summed E-state index contributed by atoms with van der Waals surface area (Å²) in [5.41, 5.74) is 0.152. The van der Waals surface area contributed by atoms with Crippen LogP contribution in [0.4, 0.5) is 8.78 Å². The molecule has 1 heterocycles. The Labute approximate surface area is 197 Å². The largest absolute Gasteiger partial charge is 0.478 e. The van der Waals surface area contributed by atoms with Gasteiger partial charge in [0.2, 0.25) is 6.10 Å². The number of unbranched alkanes of at least 4 members (excludes halogenated alkanes) is 2. The number of ether oxygens (including phenoxy) is 2. The zero-order valence-corrected chi connectivity index (χ0v) is 19.4. The van der Waals surface area contributed by atoms with Crippen LogP contribution in [-0.2, 0) is 15.1 Å². The number of aryl methyl sites for hydroxylation is 2. The van der Waals surface area contributed by atoms with Gasteiger partial charge in [0.1, 0.15) is 11.6 Å². The van der Waals surface area contributed by atoms with E-state index < -0.39 is 29.3 Å². The van der Waals surface area contributed by atoms with Crippen LogP contribution in [0.25, 0.3) is 0 Å². The molecule has 1 unspecified atom stereocenters. The molecular weight excluding hydrogens is 442 g/mol. The molecule has 180 valence electrons. The summed E-state index contributed by atoms with van der Waals surface area (Å²) in [4.78, 5) is 21.1. The Hall–Kier alpha value is -3.39. The van der Waals surface area contributed by atoms with Crippen LogP contribution < -0.4 is 4.74 Å². The van der Waals surface area contributed by atoms with Gasteiger partial charge in [-0.05, 0) is 61.7 Å². The lowest BCUT2D eigenvalue weighted by molar-refractivity contribution is -0.164. The first-order valence-corrected chi connectivity index (χ1v) is 11.1. The number of carboxylic acids is 1. The highest BCUT2D eigenvalue weighted by atomic mass is 19.1. The standard InChI is InChI=1S/C26H28F2N2O4/c1-4-5-6-15-33-26(19-7-11-21(27)12-8-19,20-9-13-22(28)14-10-20)23(24(31)32)34-25-29-17(2)16-18(3)30-25/h7-14,16,23H,4-6,15H2,1-3H3,(H,31,32). The average Bonchev–Trinajstić information content (AvgIpc) is 2.79. The number of carboxylic acid groups (broad SMARTS) is 1. The van der Waals surface area contributed by atoms with Crippen LogP contribution in [-0.4, -0.2) is 33.8 Å². The van der Waals surface area contributed by atoms with Crippen molar-refractivity contribution in [3.63, 3.8) is 0 Å². The Balaban J connectivity index is 2.22. The molecule has 2 aromatic carbocycles. The molecule has 0 radical (unpaired) electrons. The molecule has 3 aromatic rings. The molecule has 0 aliphatic rings. The molecule has 3 rings (SSSR count). The molecule has 1 atom stereocenters. The van der Waals surface area contributed by atoms with Crippen molar-refractivity contribution < 1.29 is 28.2 Å². The van der Waals surface area contributed by atoms with Crippen molar-refractivity contribution in [3.8, 4) is 6.01 Å². The fourth-order valence-electron chi connectivity index (χ4n) is 3.85. The number of hydrogen-bond acceptors (Lipinski definition) is 5. The van der Waals surface area contributed by atoms with Crippen LogP contribution in [0, 0.1) is 25.5 Å². The summed E-state index contributed by atoms with van der Waals surface area (Å²) < 4.78 is 39.9. The van der Waals surface area contributed by atoms with Gasteiger partial charge in [-0.2, -0.15) is 0 Å². The second-order valence-electron chi connectivity index (χ2n) is 8.07. The highest BCUT2D eigenvalue weighted by Crippen LogP contribution is 2.40. The molecular formula is C26H28F2N2O4. The van der Waals surface area contributed by atoms with Crippen molar-refractivity contribution in [2.75, 3.05) is 6.61 Å². The van der Waals surface area contributed by atoms with E-state index in [4.69, 9.17) is 9.47 Å². The smallest absolute Gasteiger partial charge is 0.348 e. The maximum absolute atomic E-state index is 13.8. The summed E-state index contributed by atoms with van der Waals surface area (Å²) in [7, 11) is 0. The second kappa shape index (κ2) is 11.2. The lowest BCUT2D eigenvalue weighted by Gasteiger charge is -2.39. The maximum Gasteiger partial charge on any atom is 0.348 e. The molecule has 0 fully saturated rings. The van der Waals surface area contributed by atoms with Crippen molar-refractivity contribution in [3.05, 3.63) is 88.7 Å². The zero-order chi connectivity index (χ0) is 24.7. The van der Waals surface area contributed by atoms with E-state index in [0.29, 0.717) is 28.9 Å². The first-order valence-electron chi connectivity index (χ1n) is 11.1. The normalized spacial score (nSPS) is 12.4. The van der Waals surface area contributed by atoms with Crippen LogP contribution in [0.2, 0.25) is 0 Å². The Morgan fingerprint density at radius 2 is 1.44 bits per heavy atom. The van der Waals surface area contributed by atoms with Gasteiger partial charge in [-0.15, -0.1) is 0 Å². The number of carbonyl (C=O) groups is 1. The van der Waals surface area contributed by atoms with E-state index in [0.717, 1.165) is 12.8 Å². The van der Waals surface area contributed by atoms with E-state index in [-0.39, 0.29) is 12.6 Å². The molecule has 34 heavy (non-hydrogen) atoms. The SMILES string of the molecule is CCCCCOC(c1ccc(F)cc1)(c1ccc(F)cc1)C(Oc1nc(C)cc(C)n1)C(=O)O. The molecule has 1 N–H and O–H groups in total. The lowest BCUT2D eigenvalue weighted by Crippen LogP contribution is -2.51. The highest BCUT2D eigenvalue weighted by molar-refractivity contribution is 5.76. The van der Waals surface area contributed by atoms with Crippen molar-refractivity contribution in [1.29, 1.82) is 0 Å². The number of rotatable bonds is 11. The molecule has 0 amide bonds. The highest BCUT2D eigenvalue weighted by Gasteiger charge is 2.50. The third kappa shape index (κ3) is 5.75. The molecule has 8 heteroatoms. The minimum atomic E-state index is -1.73. The number of hydrogen-bond donors (Lipinski definition) is 1. The average molecular weight is 471 g/mol. The minimum absolute atomic E-state index is 0.129. The fourth-order valence-corrected chi connectivity index (χ4v) is 3.85. The molecule has 0 saturated carbocycles. The first kappa shape index (κ1) is 25.2. The first-order chi connectivity index (χ1) is 16.3. The molecule has 0 aliphatic carbocycles. The number of benzene rings is 2. The molecule has 0 saturated heterocycles. The van der Waals surface area contributed by atoms with Gasteiger partial charge in [0.05, 0.1) is 0 Å². The second-order valence-corrected chi connectivity index (χ2v) is 8.07. The summed E-state index contributed by atoms with van der Waals surface area (Å²) >= 11 is 0. The van der Waals surface area contributed by atoms with Gasteiger partial charge < -0.3 is 14.6 Å². The lowest BCUT2D eigenvalue weighted by atomic mass is 9.81. The van der Waals surface area contributed by atoms with Gasteiger partial charge in [-0.3, -0.25) is 0 Å². The number of aliphatic carboxylic acids is 1. The number of nitrogens with zero attached hydrogens (tertiary/aromatic N) is 2. The quantitative estimate of drug-likeness (QED) is 0.380. The van der Waals surface area contributed by atoms with E-state index in [1.807, 2.05) is 6.92 Å². The van der Waals surface area contributed by atoms with E-state index in [1.54, 1.807) is 19.9 Å². The third-order valence-corrected chi connectivity index (χ3v) is 5.40. The Kier molecular flexibility index (Phi) is 8.28. The van der Waals surface area contributed by atoms with Crippen molar-refractivity contribution in [2.45, 2.75) is 51.7 Å². The van der Waals surface area contributed by atoms with Gasteiger partial charge in [0.25, 0.3) is 0 Å². The summed E-state index contributed by atoms with van der Waals surface area (Å²) in [5, 5.41) is 10.3. The van der Waals surface area contributed by atoms with E-state index in [1.165, 1.54) is 48.5 Å². The van der Waals surface area contributed by atoms with Crippen LogP contribution in [0.3, 0.4) is 0 Å². The Morgan fingerprint density at radius 3 is 1.88 bits per heavy atom. The molecule has 1 aromatic heterocycles. The zero-order valence-electron chi connectivity index (χ0n) is 19.4. The minimum Gasteiger partial charge on any atom is -0.478 e. The van der Waals surface area contributed by atoms with E-state index in [2.05, 4.69) is 9.97 Å².